The van der Waals surface area contributed by atoms with Gasteiger partial charge in [-0.15, -0.1) is 0 Å². The minimum absolute atomic E-state index is 0.00322. The van der Waals surface area contributed by atoms with Crippen LogP contribution in [0.2, 0.25) is 5.28 Å². The Morgan fingerprint density at radius 2 is 1.83 bits per heavy atom. The molecule has 1 atom stereocenters. The molecule has 1 aliphatic heterocycles. The van der Waals surface area contributed by atoms with Crippen LogP contribution in [0.25, 0.3) is 16.8 Å². The van der Waals surface area contributed by atoms with E-state index < -0.39 is 6.67 Å². The number of hydrogen-bond acceptors (Lipinski definition) is 8. The third kappa shape index (κ3) is 5.23. The number of hydrogen-bond donors (Lipinski definition) is 2. The van der Waals surface area contributed by atoms with Gasteiger partial charge in [0.1, 0.15) is 41.0 Å². The highest BCUT2D eigenvalue weighted by molar-refractivity contribution is 6.28. The molecular formula is C29H25ClFN9O2. The minimum Gasteiger partial charge on any atom is -0.382 e. The number of anilines is 2. The molecule has 212 valence electrons. The van der Waals surface area contributed by atoms with Crippen molar-refractivity contribution in [2.45, 2.75) is 32.0 Å². The summed E-state index contributed by atoms with van der Waals surface area (Å²) in [6, 6.07) is 11.1. The van der Waals surface area contributed by atoms with Gasteiger partial charge in [0.15, 0.2) is 0 Å². The Labute approximate surface area is 244 Å². The molecule has 0 unspecified atom stereocenters. The fourth-order valence-corrected chi connectivity index (χ4v) is 5.31. The van der Waals surface area contributed by atoms with E-state index in [1.165, 1.54) is 18.5 Å². The van der Waals surface area contributed by atoms with E-state index in [0.717, 1.165) is 12.8 Å². The van der Waals surface area contributed by atoms with Crippen LogP contribution in [0.3, 0.4) is 0 Å². The number of amides is 2. The zero-order chi connectivity index (χ0) is 29.2. The van der Waals surface area contributed by atoms with E-state index in [1.54, 1.807) is 53.7 Å². The van der Waals surface area contributed by atoms with Crippen LogP contribution in [0, 0.1) is 0 Å². The second-order valence-corrected chi connectivity index (χ2v) is 10.1. The summed E-state index contributed by atoms with van der Waals surface area (Å²) in [6.07, 6.45) is 8.72. The van der Waals surface area contributed by atoms with Crippen LogP contribution in [0.15, 0.2) is 67.3 Å². The maximum Gasteiger partial charge on any atom is 0.273 e. The number of rotatable bonds is 6. The molecule has 3 N–H and O–H groups in total. The van der Waals surface area contributed by atoms with Crippen molar-refractivity contribution >= 4 is 40.6 Å². The number of nitrogens with one attached hydrogen (secondary N) is 1. The summed E-state index contributed by atoms with van der Waals surface area (Å²) in [7, 11) is 0. The van der Waals surface area contributed by atoms with Crippen LogP contribution in [-0.2, 0) is 6.67 Å². The number of benzene rings is 1. The fraction of sp³-hybridized carbons (Fsp3) is 0.207. The molecule has 5 aromatic rings. The van der Waals surface area contributed by atoms with Crippen molar-refractivity contribution in [1.29, 1.82) is 0 Å². The number of imidazole rings is 1. The molecule has 0 saturated carbocycles. The quantitative estimate of drug-likeness (QED) is 0.268. The molecular weight excluding hydrogens is 561 g/mol. The van der Waals surface area contributed by atoms with E-state index in [9.17, 15) is 14.0 Å². The number of pyridine rings is 1. The first-order valence-electron chi connectivity index (χ1n) is 13.3. The number of aromatic nitrogens is 6. The number of halogens is 2. The average molecular weight is 586 g/mol. The first kappa shape index (κ1) is 27.2. The Morgan fingerprint density at radius 3 is 2.62 bits per heavy atom. The lowest BCUT2D eigenvalue weighted by atomic mass is 10.0. The van der Waals surface area contributed by atoms with Crippen LogP contribution in [0.5, 0.6) is 0 Å². The second kappa shape index (κ2) is 11.5. The normalized spacial score (nSPS) is 15.1. The number of nitrogens with zero attached hydrogens (tertiary/aromatic N) is 7. The molecule has 2 amide bonds. The van der Waals surface area contributed by atoms with E-state index in [1.807, 2.05) is 4.40 Å². The minimum atomic E-state index is -0.652. The topological polar surface area (TPSA) is 144 Å². The third-order valence-corrected chi connectivity index (χ3v) is 7.34. The molecule has 0 spiro atoms. The Kier molecular flexibility index (Phi) is 7.44. The zero-order valence-corrected chi connectivity index (χ0v) is 23.0. The maximum atomic E-state index is 13.5. The number of nitrogens with two attached hydrogens (primary N) is 1. The van der Waals surface area contributed by atoms with Crippen LogP contribution in [0.4, 0.5) is 16.0 Å². The van der Waals surface area contributed by atoms with Crippen molar-refractivity contribution in [3.63, 3.8) is 0 Å². The molecule has 0 radical (unpaired) electrons. The molecule has 11 nitrogen and oxygen atoms in total. The van der Waals surface area contributed by atoms with Gasteiger partial charge in [0.05, 0.1) is 6.04 Å². The molecule has 5 heterocycles. The molecule has 1 saturated heterocycles. The summed E-state index contributed by atoms with van der Waals surface area (Å²) >= 11 is 5.96. The van der Waals surface area contributed by atoms with Crippen LogP contribution < -0.4 is 11.1 Å². The van der Waals surface area contributed by atoms with Crippen molar-refractivity contribution in [3.8, 4) is 11.3 Å². The van der Waals surface area contributed by atoms with E-state index in [-0.39, 0.29) is 40.5 Å². The van der Waals surface area contributed by atoms with E-state index in [4.69, 9.17) is 22.3 Å². The van der Waals surface area contributed by atoms with Crippen molar-refractivity contribution < 1.29 is 14.0 Å². The first-order valence-corrected chi connectivity index (χ1v) is 13.7. The predicted octanol–water partition coefficient (Wildman–Crippen LogP) is 4.91. The van der Waals surface area contributed by atoms with Gasteiger partial charge in [-0.1, -0.05) is 12.1 Å². The fourth-order valence-electron chi connectivity index (χ4n) is 5.16. The lowest BCUT2D eigenvalue weighted by Crippen LogP contribution is -2.39. The van der Waals surface area contributed by atoms with Crippen LogP contribution in [0.1, 0.15) is 57.5 Å². The van der Waals surface area contributed by atoms with Crippen LogP contribution in [-0.4, -0.2) is 52.6 Å². The Bertz CT molecular complexity index is 1790. The summed E-state index contributed by atoms with van der Waals surface area (Å²) in [5, 5.41) is 2.69. The molecule has 42 heavy (non-hydrogen) atoms. The number of piperidine rings is 1. The van der Waals surface area contributed by atoms with E-state index in [0.29, 0.717) is 46.7 Å². The first-order chi connectivity index (χ1) is 20.4. The Morgan fingerprint density at radius 1 is 1.02 bits per heavy atom. The maximum absolute atomic E-state index is 13.5. The van der Waals surface area contributed by atoms with Gasteiger partial charge in [-0.3, -0.25) is 14.0 Å². The number of alkyl halides is 1. The van der Waals surface area contributed by atoms with E-state index >= 15 is 0 Å². The average Bonchev–Trinajstić information content (AvgIpc) is 3.42. The zero-order valence-electron chi connectivity index (χ0n) is 22.2. The SMILES string of the molecule is Nc1nccn2c([C@@H]3CCCCN3C(=O)c3ccnc(Cl)n3)nc(-c3ccc(C(=O)Nc4cc(CF)ccn4)cc3)c12. The van der Waals surface area contributed by atoms with Gasteiger partial charge in [-0.25, -0.2) is 29.3 Å². The van der Waals surface area contributed by atoms with Crippen molar-refractivity contribution in [2.75, 3.05) is 17.6 Å². The summed E-state index contributed by atoms with van der Waals surface area (Å²) in [6.45, 7) is -0.122. The molecule has 1 fully saturated rings. The lowest BCUT2D eigenvalue weighted by molar-refractivity contribution is 0.0593. The van der Waals surface area contributed by atoms with Gasteiger partial charge in [-0.05, 0) is 66.8 Å². The van der Waals surface area contributed by atoms with E-state index in [2.05, 4.69) is 25.3 Å². The summed E-state index contributed by atoms with van der Waals surface area (Å²) in [5.74, 6) is 0.541. The van der Waals surface area contributed by atoms with Gasteiger partial charge >= 0.3 is 0 Å². The molecule has 1 aromatic carbocycles. The van der Waals surface area contributed by atoms with Crippen molar-refractivity contribution in [3.05, 3.63) is 95.2 Å². The number of fused-ring (bicyclic) bond motifs is 1. The molecule has 1 aliphatic rings. The number of carbonyl (C=O) groups excluding carboxylic acids is 2. The largest absolute Gasteiger partial charge is 0.382 e. The Hall–Kier alpha value is -4.97. The molecule has 6 rings (SSSR count). The second-order valence-electron chi connectivity index (χ2n) is 9.79. The highest BCUT2D eigenvalue weighted by Crippen LogP contribution is 2.36. The Balaban J connectivity index is 1.33. The summed E-state index contributed by atoms with van der Waals surface area (Å²) < 4.78 is 14.9. The lowest BCUT2D eigenvalue weighted by Gasteiger charge is -2.34. The van der Waals surface area contributed by atoms with Gasteiger partial charge < -0.3 is 16.0 Å². The van der Waals surface area contributed by atoms with Gasteiger partial charge in [0.2, 0.25) is 5.28 Å². The van der Waals surface area contributed by atoms with Gasteiger partial charge in [0, 0.05) is 42.5 Å². The van der Waals surface area contributed by atoms with Crippen molar-refractivity contribution in [1.82, 2.24) is 34.2 Å². The molecule has 0 bridgehead atoms. The molecule has 4 aromatic heterocycles. The highest BCUT2D eigenvalue weighted by atomic mass is 35.5. The molecule has 13 heteroatoms. The van der Waals surface area contributed by atoms with Gasteiger partial charge in [-0.2, -0.15) is 0 Å². The summed E-state index contributed by atoms with van der Waals surface area (Å²) in [4.78, 5) is 49.5. The standard InChI is InChI=1S/C29H25ClFN9O2/c30-29-35-11-9-20(36-29)28(42)39-13-2-1-3-21(39)26-38-23(24-25(32)34-12-14-40(24)26)18-4-6-19(7-5-18)27(41)37-22-15-17(16-31)8-10-33-22/h4-12,14-15,21H,1-3,13,16H2,(H2,32,34)(H,33,37,41)/t21-/m0/s1. The number of carbonyl (C=O) groups is 2. The van der Waals surface area contributed by atoms with Gasteiger partial charge in [0.25, 0.3) is 11.8 Å². The smallest absolute Gasteiger partial charge is 0.273 e. The highest BCUT2D eigenvalue weighted by Gasteiger charge is 2.33. The monoisotopic (exact) mass is 585 g/mol. The molecule has 0 aliphatic carbocycles. The number of likely N-dealkylation sites (tertiary alicyclic amines) is 1. The number of nitrogen functional groups attached to an aromatic ring is 1. The summed E-state index contributed by atoms with van der Waals surface area (Å²) in [5.41, 5.74) is 9.24. The predicted molar refractivity (Wildman–Crippen MR) is 155 cm³/mol. The van der Waals surface area contributed by atoms with Crippen molar-refractivity contribution in [2.24, 2.45) is 0 Å². The van der Waals surface area contributed by atoms with Crippen LogP contribution >= 0.6 is 11.6 Å². The third-order valence-electron chi connectivity index (χ3n) is 7.16.